The van der Waals surface area contributed by atoms with E-state index in [0.29, 0.717) is 34.9 Å². The van der Waals surface area contributed by atoms with Crippen LogP contribution in [0.25, 0.3) is 17.3 Å². The first-order chi connectivity index (χ1) is 17.1. The third-order valence-electron chi connectivity index (χ3n) is 5.84. The van der Waals surface area contributed by atoms with Crippen LogP contribution in [0.4, 0.5) is 5.69 Å². The van der Waals surface area contributed by atoms with Gasteiger partial charge >= 0.3 is 0 Å². The molecule has 4 aromatic rings. The summed E-state index contributed by atoms with van der Waals surface area (Å²) >= 11 is 7.50. The Labute approximate surface area is 212 Å². The topological polar surface area (TPSA) is 76.6 Å². The van der Waals surface area contributed by atoms with E-state index in [1.54, 1.807) is 13.4 Å². The van der Waals surface area contributed by atoms with Gasteiger partial charge in [-0.05, 0) is 54.6 Å². The van der Waals surface area contributed by atoms with Gasteiger partial charge in [0.15, 0.2) is 10.9 Å². The van der Waals surface area contributed by atoms with Gasteiger partial charge in [-0.1, -0.05) is 29.4 Å². The van der Waals surface area contributed by atoms with Crippen molar-refractivity contribution in [3.05, 3.63) is 71.9 Å². The molecule has 0 N–H and O–H groups in total. The van der Waals surface area contributed by atoms with Crippen molar-refractivity contribution in [2.75, 3.05) is 43.9 Å². The molecular weight excluding hydrogens is 486 g/mol. The predicted molar refractivity (Wildman–Crippen MR) is 137 cm³/mol. The number of amides is 1. The first-order valence-corrected chi connectivity index (χ1v) is 12.5. The number of thioether (sulfide) groups is 1. The summed E-state index contributed by atoms with van der Waals surface area (Å²) in [4.78, 5) is 17.2. The predicted octanol–water partition coefficient (Wildman–Crippen LogP) is 4.63. The highest BCUT2D eigenvalue weighted by atomic mass is 35.5. The minimum absolute atomic E-state index is 0.0737. The summed E-state index contributed by atoms with van der Waals surface area (Å²) in [5, 5.41) is 10.0. The van der Waals surface area contributed by atoms with Gasteiger partial charge in [-0.25, -0.2) is 0 Å². The van der Waals surface area contributed by atoms with Crippen LogP contribution in [-0.4, -0.2) is 64.6 Å². The van der Waals surface area contributed by atoms with E-state index in [1.807, 2.05) is 70.1 Å². The number of anilines is 1. The molecule has 1 aliphatic rings. The smallest absolute Gasteiger partial charge is 0.233 e. The van der Waals surface area contributed by atoms with Gasteiger partial charge in [-0.3, -0.25) is 9.36 Å². The Morgan fingerprint density at radius 3 is 2.51 bits per heavy atom. The average Bonchev–Trinajstić information content (AvgIpc) is 3.57. The van der Waals surface area contributed by atoms with Crippen LogP contribution in [0.3, 0.4) is 0 Å². The number of benzene rings is 2. The summed E-state index contributed by atoms with van der Waals surface area (Å²) in [6.45, 7) is 2.85. The molecule has 1 saturated heterocycles. The minimum atomic E-state index is 0.0737. The summed E-state index contributed by atoms with van der Waals surface area (Å²) in [6, 6.07) is 19.1. The number of furan rings is 1. The Bertz CT molecular complexity index is 1280. The average molecular weight is 510 g/mol. The molecule has 2 aromatic carbocycles. The summed E-state index contributed by atoms with van der Waals surface area (Å²) in [5.74, 6) is 2.27. The number of rotatable bonds is 7. The monoisotopic (exact) mass is 509 g/mol. The number of carbonyl (C=O) groups is 1. The molecule has 180 valence electrons. The van der Waals surface area contributed by atoms with Gasteiger partial charge in [0.05, 0.1) is 24.8 Å². The van der Waals surface area contributed by atoms with Crippen LogP contribution in [-0.2, 0) is 4.79 Å². The van der Waals surface area contributed by atoms with Gasteiger partial charge in [0.25, 0.3) is 0 Å². The maximum atomic E-state index is 13.0. The third kappa shape index (κ3) is 5.16. The van der Waals surface area contributed by atoms with Crippen LogP contribution < -0.4 is 9.64 Å². The second-order valence-corrected chi connectivity index (χ2v) is 9.33. The summed E-state index contributed by atoms with van der Waals surface area (Å²) in [5.41, 5.74) is 1.93. The molecule has 10 heteroatoms. The molecule has 5 rings (SSSR count). The zero-order valence-corrected chi connectivity index (χ0v) is 20.7. The standard InChI is InChI=1S/C25H24ClN5O3S/c1-33-21-9-7-19(8-10-21)31-24(22-6-3-15-34-22)27-28-25(31)35-17-23(32)30-13-11-29(12-14-30)20-5-2-4-18(26)16-20/h2-10,15-16H,11-14,17H2,1H3. The van der Waals surface area contributed by atoms with Crippen molar-refractivity contribution in [1.29, 1.82) is 0 Å². The molecule has 0 unspecified atom stereocenters. The molecule has 0 spiro atoms. The summed E-state index contributed by atoms with van der Waals surface area (Å²) < 4.78 is 12.7. The molecule has 1 amide bonds. The highest BCUT2D eigenvalue weighted by Gasteiger charge is 2.24. The molecular formula is C25H24ClN5O3S. The van der Waals surface area contributed by atoms with E-state index in [9.17, 15) is 4.79 Å². The van der Waals surface area contributed by atoms with Crippen LogP contribution >= 0.6 is 23.4 Å². The van der Waals surface area contributed by atoms with Gasteiger partial charge in [0, 0.05) is 36.9 Å². The number of methoxy groups -OCH3 is 1. The van der Waals surface area contributed by atoms with Gasteiger partial charge in [-0.2, -0.15) is 0 Å². The lowest BCUT2D eigenvalue weighted by Gasteiger charge is -2.36. The van der Waals surface area contributed by atoms with Crippen LogP contribution in [0, 0.1) is 0 Å². The molecule has 0 radical (unpaired) electrons. The summed E-state index contributed by atoms with van der Waals surface area (Å²) in [6.07, 6.45) is 1.60. The van der Waals surface area contributed by atoms with Crippen LogP contribution in [0.5, 0.6) is 5.75 Å². The van der Waals surface area contributed by atoms with E-state index >= 15 is 0 Å². The Morgan fingerprint density at radius 2 is 1.83 bits per heavy atom. The van der Waals surface area contributed by atoms with E-state index in [-0.39, 0.29) is 11.7 Å². The van der Waals surface area contributed by atoms with Crippen LogP contribution in [0.2, 0.25) is 5.02 Å². The largest absolute Gasteiger partial charge is 0.497 e. The molecule has 35 heavy (non-hydrogen) atoms. The van der Waals surface area contributed by atoms with Crippen molar-refractivity contribution < 1.29 is 13.9 Å². The molecule has 1 fully saturated rings. The summed E-state index contributed by atoms with van der Waals surface area (Å²) in [7, 11) is 1.63. The number of ether oxygens (including phenoxy) is 1. The fourth-order valence-corrected chi connectivity index (χ4v) is 5.04. The lowest BCUT2D eigenvalue weighted by Crippen LogP contribution is -2.49. The third-order valence-corrected chi connectivity index (χ3v) is 6.98. The van der Waals surface area contributed by atoms with Gasteiger partial charge in [0.1, 0.15) is 5.75 Å². The Morgan fingerprint density at radius 1 is 1.03 bits per heavy atom. The number of hydrogen-bond donors (Lipinski definition) is 0. The van der Waals surface area contributed by atoms with Crippen molar-refractivity contribution in [3.63, 3.8) is 0 Å². The highest BCUT2D eigenvalue weighted by molar-refractivity contribution is 7.99. The quantitative estimate of drug-likeness (QED) is 0.336. The zero-order valence-electron chi connectivity index (χ0n) is 19.1. The molecule has 3 heterocycles. The maximum Gasteiger partial charge on any atom is 0.233 e. The lowest BCUT2D eigenvalue weighted by molar-refractivity contribution is -0.128. The minimum Gasteiger partial charge on any atom is -0.497 e. The SMILES string of the molecule is COc1ccc(-n2c(SCC(=O)N3CCN(c4cccc(Cl)c4)CC3)nnc2-c2ccco2)cc1. The van der Waals surface area contributed by atoms with Crippen molar-refractivity contribution in [2.24, 2.45) is 0 Å². The van der Waals surface area contributed by atoms with Crippen molar-refractivity contribution in [3.8, 4) is 23.0 Å². The molecule has 0 bridgehead atoms. The second-order valence-electron chi connectivity index (χ2n) is 7.95. The van der Waals surface area contributed by atoms with E-state index in [4.69, 9.17) is 20.8 Å². The lowest BCUT2D eigenvalue weighted by atomic mass is 10.2. The van der Waals surface area contributed by atoms with Crippen molar-refractivity contribution in [2.45, 2.75) is 5.16 Å². The fraction of sp³-hybridized carbons (Fsp3) is 0.240. The molecule has 0 saturated carbocycles. The maximum absolute atomic E-state index is 13.0. The zero-order chi connectivity index (χ0) is 24.2. The Hall–Kier alpha value is -3.43. The molecule has 0 aliphatic carbocycles. The number of piperazine rings is 1. The second kappa shape index (κ2) is 10.5. The van der Waals surface area contributed by atoms with Crippen molar-refractivity contribution in [1.82, 2.24) is 19.7 Å². The Kier molecular flexibility index (Phi) is 6.96. The molecule has 0 atom stereocenters. The molecule has 1 aliphatic heterocycles. The van der Waals surface area contributed by atoms with Crippen molar-refractivity contribution >= 4 is 35.0 Å². The van der Waals surface area contributed by atoms with Crippen LogP contribution in [0.15, 0.2) is 76.5 Å². The van der Waals surface area contributed by atoms with Gasteiger partial charge in [0.2, 0.25) is 11.7 Å². The van der Waals surface area contributed by atoms with E-state index < -0.39 is 0 Å². The molecule has 2 aromatic heterocycles. The number of carbonyl (C=O) groups excluding carboxylic acids is 1. The van der Waals surface area contributed by atoms with E-state index in [2.05, 4.69) is 15.1 Å². The fourth-order valence-electron chi connectivity index (χ4n) is 4.00. The van der Waals surface area contributed by atoms with Gasteiger partial charge < -0.3 is 19.0 Å². The number of hydrogen-bond acceptors (Lipinski definition) is 7. The number of halogens is 1. The Balaban J connectivity index is 1.27. The number of nitrogens with zero attached hydrogens (tertiary/aromatic N) is 5. The molecule has 8 nitrogen and oxygen atoms in total. The van der Waals surface area contributed by atoms with E-state index in [1.165, 1.54) is 11.8 Å². The first kappa shape index (κ1) is 23.3. The number of aromatic nitrogens is 3. The van der Waals surface area contributed by atoms with Crippen LogP contribution in [0.1, 0.15) is 0 Å². The normalized spacial score (nSPS) is 13.8. The van der Waals surface area contributed by atoms with E-state index in [0.717, 1.165) is 30.2 Å². The van der Waals surface area contributed by atoms with Gasteiger partial charge in [-0.15, -0.1) is 10.2 Å². The first-order valence-electron chi connectivity index (χ1n) is 11.2. The highest BCUT2D eigenvalue weighted by Crippen LogP contribution is 2.29.